The summed E-state index contributed by atoms with van der Waals surface area (Å²) in [5.41, 5.74) is -0.428. The molecule has 0 saturated heterocycles. The number of hydrogen-bond acceptors (Lipinski definition) is 5. The van der Waals surface area contributed by atoms with Crippen LogP contribution in [0.4, 0.5) is 18.9 Å². The zero-order valence-electron chi connectivity index (χ0n) is 16.5. The van der Waals surface area contributed by atoms with E-state index in [4.69, 9.17) is 16.3 Å². The molecule has 6 nitrogen and oxygen atoms in total. The summed E-state index contributed by atoms with van der Waals surface area (Å²) in [6.45, 7) is 1.23. The minimum absolute atomic E-state index is 0.173. The maximum absolute atomic E-state index is 13.1. The second kappa shape index (κ2) is 9.58. The molecule has 0 bridgehead atoms. The SMILES string of the molecule is Cc1csc(=O)n1CC(=O)O[C@@H](C(=O)Nc1ccc(Cl)c(C(F)(F)F)c1)c1ccccc1. The Hall–Kier alpha value is -3.11. The fourth-order valence-corrected chi connectivity index (χ4v) is 3.78. The molecular formula is C21H16ClF3N2O4S. The number of hydrogen-bond donors (Lipinski definition) is 1. The van der Waals surface area contributed by atoms with Gasteiger partial charge in [-0.25, -0.2) is 0 Å². The van der Waals surface area contributed by atoms with Gasteiger partial charge < -0.3 is 10.1 Å². The number of aryl methyl sites for hydroxylation is 1. The van der Waals surface area contributed by atoms with Crippen LogP contribution in [0.25, 0.3) is 0 Å². The van der Waals surface area contributed by atoms with Gasteiger partial charge in [-0.2, -0.15) is 13.2 Å². The van der Waals surface area contributed by atoms with E-state index in [1.807, 2.05) is 0 Å². The molecule has 1 N–H and O–H groups in total. The van der Waals surface area contributed by atoms with Crippen LogP contribution >= 0.6 is 22.9 Å². The smallest absolute Gasteiger partial charge is 0.417 e. The average Bonchev–Trinajstić information content (AvgIpc) is 3.05. The number of amides is 1. The molecule has 0 aliphatic carbocycles. The Morgan fingerprint density at radius 2 is 1.88 bits per heavy atom. The van der Waals surface area contributed by atoms with Crippen LogP contribution in [0.1, 0.15) is 22.9 Å². The molecule has 0 spiro atoms. The number of rotatable bonds is 6. The predicted molar refractivity (Wildman–Crippen MR) is 114 cm³/mol. The molecule has 1 aromatic heterocycles. The molecular weight excluding hydrogens is 469 g/mol. The summed E-state index contributed by atoms with van der Waals surface area (Å²) in [7, 11) is 0. The van der Waals surface area contributed by atoms with Crippen LogP contribution in [0.5, 0.6) is 0 Å². The lowest BCUT2D eigenvalue weighted by Gasteiger charge is -2.19. The van der Waals surface area contributed by atoms with Crippen molar-refractivity contribution in [3.05, 3.63) is 85.4 Å². The van der Waals surface area contributed by atoms with E-state index in [0.717, 1.165) is 17.4 Å². The second-order valence-corrected chi connectivity index (χ2v) is 7.92. The van der Waals surface area contributed by atoms with E-state index >= 15 is 0 Å². The van der Waals surface area contributed by atoms with Crippen molar-refractivity contribution in [1.29, 1.82) is 0 Å². The summed E-state index contributed by atoms with van der Waals surface area (Å²) in [6.07, 6.45) is -6.17. The number of carbonyl (C=O) groups excluding carboxylic acids is 2. The molecule has 0 aliphatic heterocycles. The highest BCUT2D eigenvalue weighted by Crippen LogP contribution is 2.36. The molecule has 1 heterocycles. The molecule has 0 fully saturated rings. The van der Waals surface area contributed by atoms with Crippen LogP contribution in [0, 0.1) is 6.92 Å². The molecule has 0 saturated carbocycles. The Bertz CT molecular complexity index is 1190. The topological polar surface area (TPSA) is 77.4 Å². The first-order valence-corrected chi connectivity index (χ1v) is 10.4. The first-order chi connectivity index (χ1) is 15.1. The van der Waals surface area contributed by atoms with Gasteiger partial charge in [0.25, 0.3) is 5.91 Å². The zero-order chi connectivity index (χ0) is 23.5. The van der Waals surface area contributed by atoms with E-state index < -0.39 is 41.3 Å². The number of benzene rings is 2. The molecule has 3 aromatic rings. The summed E-state index contributed by atoms with van der Waals surface area (Å²) in [5.74, 6) is -1.72. The van der Waals surface area contributed by atoms with Gasteiger partial charge in [-0.3, -0.25) is 19.0 Å². The summed E-state index contributed by atoms with van der Waals surface area (Å²) in [6, 6.07) is 10.9. The van der Waals surface area contributed by atoms with Crippen LogP contribution in [0.2, 0.25) is 5.02 Å². The van der Waals surface area contributed by atoms with Crippen LogP contribution in [0.15, 0.2) is 58.7 Å². The average molecular weight is 485 g/mol. The fourth-order valence-electron chi connectivity index (χ4n) is 2.82. The van der Waals surface area contributed by atoms with Gasteiger partial charge in [-0.1, -0.05) is 53.3 Å². The van der Waals surface area contributed by atoms with Gasteiger partial charge in [-0.15, -0.1) is 0 Å². The third-order valence-corrected chi connectivity index (χ3v) is 5.60. The van der Waals surface area contributed by atoms with E-state index in [1.165, 1.54) is 22.8 Å². The van der Waals surface area contributed by atoms with Crippen LogP contribution in [0.3, 0.4) is 0 Å². The van der Waals surface area contributed by atoms with E-state index in [-0.39, 0.29) is 10.6 Å². The molecule has 1 amide bonds. The third kappa shape index (κ3) is 5.57. The monoisotopic (exact) mass is 484 g/mol. The highest BCUT2D eigenvalue weighted by molar-refractivity contribution is 7.07. The molecule has 3 rings (SSSR count). The first kappa shape index (κ1) is 23.6. The van der Waals surface area contributed by atoms with Crippen LogP contribution in [-0.4, -0.2) is 16.4 Å². The van der Waals surface area contributed by atoms with Crippen LogP contribution in [-0.2, 0) is 27.0 Å². The van der Waals surface area contributed by atoms with Crippen molar-refractivity contribution in [1.82, 2.24) is 4.57 Å². The Morgan fingerprint density at radius 1 is 1.19 bits per heavy atom. The zero-order valence-corrected chi connectivity index (χ0v) is 18.1. The second-order valence-electron chi connectivity index (χ2n) is 6.69. The molecule has 1 atom stereocenters. The summed E-state index contributed by atoms with van der Waals surface area (Å²) >= 11 is 6.53. The normalized spacial score (nSPS) is 12.3. The number of carbonyl (C=O) groups is 2. The molecule has 11 heteroatoms. The first-order valence-electron chi connectivity index (χ1n) is 9.13. The van der Waals surface area contributed by atoms with Crippen molar-refractivity contribution >= 4 is 40.5 Å². The Morgan fingerprint density at radius 3 is 2.47 bits per heavy atom. The van der Waals surface area contributed by atoms with Crippen molar-refractivity contribution in [2.24, 2.45) is 0 Å². The van der Waals surface area contributed by atoms with Crippen LogP contribution < -0.4 is 10.2 Å². The Kier molecular flexibility index (Phi) is 7.05. The number of esters is 1. The van der Waals surface area contributed by atoms with Gasteiger partial charge in [0.2, 0.25) is 6.10 Å². The molecule has 32 heavy (non-hydrogen) atoms. The van der Waals surface area contributed by atoms with Gasteiger partial charge in [0.1, 0.15) is 6.54 Å². The standard InChI is InChI=1S/C21H16ClF3N2O4S/c1-12-11-32-20(30)27(12)10-17(28)31-18(13-5-3-2-4-6-13)19(29)26-14-7-8-16(22)15(9-14)21(23,24)25/h2-9,11,18H,10H2,1H3,(H,26,29)/t18-/m1/s1. The molecule has 2 aromatic carbocycles. The quantitative estimate of drug-likeness (QED) is 0.509. The number of aromatic nitrogens is 1. The van der Waals surface area contributed by atoms with Crippen molar-refractivity contribution in [2.45, 2.75) is 25.7 Å². The van der Waals surface area contributed by atoms with Gasteiger partial charge >= 0.3 is 17.0 Å². The van der Waals surface area contributed by atoms with E-state index in [1.54, 1.807) is 30.5 Å². The molecule has 168 valence electrons. The van der Waals surface area contributed by atoms with Gasteiger partial charge in [0.15, 0.2) is 0 Å². The fraction of sp³-hybridized carbons (Fsp3) is 0.190. The van der Waals surface area contributed by atoms with Gasteiger partial charge in [0, 0.05) is 22.3 Å². The predicted octanol–water partition coefficient (Wildman–Crippen LogP) is 4.81. The minimum atomic E-state index is -4.71. The van der Waals surface area contributed by atoms with Crippen molar-refractivity contribution in [2.75, 3.05) is 5.32 Å². The maximum Gasteiger partial charge on any atom is 0.417 e. The number of halogens is 4. The third-order valence-electron chi connectivity index (χ3n) is 4.39. The van der Waals surface area contributed by atoms with Gasteiger partial charge in [0.05, 0.1) is 10.6 Å². The lowest BCUT2D eigenvalue weighted by Crippen LogP contribution is -2.29. The number of ether oxygens (including phenoxy) is 1. The number of nitrogens with one attached hydrogen (secondary N) is 1. The number of thiazole rings is 1. The molecule has 0 unspecified atom stereocenters. The highest BCUT2D eigenvalue weighted by atomic mass is 35.5. The number of nitrogens with zero attached hydrogens (tertiary/aromatic N) is 1. The van der Waals surface area contributed by atoms with Crippen molar-refractivity contribution < 1.29 is 27.5 Å². The summed E-state index contributed by atoms with van der Waals surface area (Å²) in [5, 5.41) is 3.39. The maximum atomic E-state index is 13.1. The lowest BCUT2D eigenvalue weighted by molar-refractivity contribution is -0.155. The summed E-state index contributed by atoms with van der Waals surface area (Å²) < 4.78 is 45.9. The summed E-state index contributed by atoms with van der Waals surface area (Å²) in [4.78, 5) is 36.8. The number of anilines is 1. The highest BCUT2D eigenvalue weighted by Gasteiger charge is 2.34. The Labute approximate surface area is 189 Å². The van der Waals surface area contributed by atoms with Crippen molar-refractivity contribution in [3.8, 4) is 0 Å². The Balaban J connectivity index is 1.84. The van der Waals surface area contributed by atoms with Gasteiger partial charge in [-0.05, 0) is 25.1 Å². The van der Waals surface area contributed by atoms with E-state index in [0.29, 0.717) is 17.3 Å². The molecule has 0 radical (unpaired) electrons. The largest absolute Gasteiger partial charge is 0.446 e. The van der Waals surface area contributed by atoms with E-state index in [9.17, 15) is 27.6 Å². The van der Waals surface area contributed by atoms with Crippen molar-refractivity contribution in [3.63, 3.8) is 0 Å². The number of alkyl halides is 3. The lowest BCUT2D eigenvalue weighted by atomic mass is 10.1. The van der Waals surface area contributed by atoms with E-state index in [2.05, 4.69) is 5.32 Å². The minimum Gasteiger partial charge on any atom is -0.446 e. The molecule has 0 aliphatic rings.